The van der Waals surface area contributed by atoms with E-state index in [1.165, 1.54) is 0 Å². The Morgan fingerprint density at radius 1 is 1.24 bits per heavy atom. The average molecular weight is 285 g/mol. The molecule has 0 aliphatic heterocycles. The molecule has 1 aromatic carbocycles. The Bertz CT molecular complexity index is 587. The Balaban J connectivity index is 1.90. The largest absolute Gasteiger partial charge is 0.491 e. The van der Waals surface area contributed by atoms with Crippen molar-refractivity contribution in [1.82, 2.24) is 4.98 Å². The van der Waals surface area contributed by atoms with Crippen molar-refractivity contribution in [2.45, 2.75) is 13.3 Å². The van der Waals surface area contributed by atoms with Crippen LogP contribution in [-0.4, -0.2) is 24.0 Å². The van der Waals surface area contributed by atoms with Crippen LogP contribution in [0.25, 0.3) is 0 Å². The van der Waals surface area contributed by atoms with Crippen LogP contribution in [0.2, 0.25) is 0 Å². The summed E-state index contributed by atoms with van der Waals surface area (Å²) in [5.41, 5.74) is 7.21. The fourth-order valence-electron chi connectivity index (χ4n) is 2.02. The zero-order chi connectivity index (χ0) is 15.1. The number of benzene rings is 1. The third-order valence-electron chi connectivity index (χ3n) is 3.08. The lowest BCUT2D eigenvalue weighted by molar-refractivity contribution is -0.119. The number of nitrogen functional groups attached to an aromatic ring is 1. The second-order valence-electron chi connectivity index (χ2n) is 4.48. The minimum absolute atomic E-state index is 0.0122. The summed E-state index contributed by atoms with van der Waals surface area (Å²) in [5.74, 6) is 0.621. The number of hydrogen-bond donors (Lipinski definition) is 1. The third kappa shape index (κ3) is 3.95. The molecule has 1 amide bonds. The number of pyridine rings is 1. The lowest BCUT2D eigenvalue weighted by atomic mass is 10.3. The number of nitrogens with two attached hydrogens (primary N) is 1. The Labute approximate surface area is 124 Å². The smallest absolute Gasteiger partial charge is 0.230 e. The molecule has 0 fully saturated rings. The van der Waals surface area contributed by atoms with Crippen molar-refractivity contribution in [2.24, 2.45) is 0 Å². The number of aromatic nitrogens is 1. The van der Waals surface area contributed by atoms with Crippen LogP contribution in [0.4, 0.5) is 11.4 Å². The van der Waals surface area contributed by atoms with Gasteiger partial charge in [0, 0.05) is 24.6 Å². The number of carbonyl (C=O) groups excluding carboxylic acids is 1. The average Bonchev–Trinajstić information content (AvgIpc) is 2.51. The molecule has 5 nitrogen and oxygen atoms in total. The van der Waals surface area contributed by atoms with E-state index in [9.17, 15) is 4.79 Å². The molecule has 0 radical (unpaired) electrons. The lowest BCUT2D eigenvalue weighted by Crippen LogP contribution is -2.31. The summed E-state index contributed by atoms with van der Waals surface area (Å²) in [6, 6.07) is 10.9. The molecule has 0 atom stereocenters. The number of anilines is 2. The zero-order valence-corrected chi connectivity index (χ0v) is 12.0. The van der Waals surface area contributed by atoms with Crippen LogP contribution in [0.1, 0.15) is 13.3 Å². The van der Waals surface area contributed by atoms with E-state index in [-0.39, 0.29) is 5.91 Å². The molecule has 0 saturated heterocycles. The maximum atomic E-state index is 12.2. The minimum Gasteiger partial charge on any atom is -0.491 e. The van der Waals surface area contributed by atoms with E-state index in [2.05, 4.69) is 4.98 Å². The van der Waals surface area contributed by atoms with Gasteiger partial charge in [0.15, 0.2) is 0 Å². The first-order chi connectivity index (χ1) is 10.2. The molecule has 0 saturated carbocycles. The van der Waals surface area contributed by atoms with Crippen molar-refractivity contribution < 1.29 is 9.53 Å². The molecule has 5 heteroatoms. The first kappa shape index (κ1) is 14.8. The van der Waals surface area contributed by atoms with Crippen LogP contribution in [0.5, 0.6) is 5.75 Å². The normalized spacial score (nSPS) is 10.1. The van der Waals surface area contributed by atoms with Gasteiger partial charge in [-0.15, -0.1) is 0 Å². The Morgan fingerprint density at radius 3 is 2.62 bits per heavy atom. The number of para-hydroxylation sites is 2. The summed E-state index contributed by atoms with van der Waals surface area (Å²) in [5, 5.41) is 0. The molecule has 2 aromatic rings. The van der Waals surface area contributed by atoms with Gasteiger partial charge in [-0.05, 0) is 31.2 Å². The van der Waals surface area contributed by atoms with Gasteiger partial charge in [0.2, 0.25) is 5.91 Å². The molecule has 2 rings (SSSR count). The Kier molecular flexibility index (Phi) is 5.15. The molecule has 0 unspecified atom stereocenters. The van der Waals surface area contributed by atoms with E-state index in [1.807, 2.05) is 31.2 Å². The second-order valence-corrected chi connectivity index (χ2v) is 4.48. The lowest BCUT2D eigenvalue weighted by Gasteiger charge is -2.21. The van der Waals surface area contributed by atoms with Crippen molar-refractivity contribution in [1.29, 1.82) is 0 Å². The predicted molar refractivity (Wildman–Crippen MR) is 83.2 cm³/mol. The van der Waals surface area contributed by atoms with Crippen molar-refractivity contribution in [2.75, 3.05) is 23.8 Å². The first-order valence-corrected chi connectivity index (χ1v) is 6.90. The van der Waals surface area contributed by atoms with E-state index in [0.29, 0.717) is 31.0 Å². The van der Waals surface area contributed by atoms with Gasteiger partial charge in [-0.2, -0.15) is 0 Å². The highest BCUT2D eigenvalue weighted by Gasteiger charge is 2.13. The van der Waals surface area contributed by atoms with Crippen LogP contribution in [0.3, 0.4) is 0 Å². The Morgan fingerprint density at radius 2 is 1.95 bits per heavy atom. The topological polar surface area (TPSA) is 68.5 Å². The highest BCUT2D eigenvalue weighted by atomic mass is 16.5. The van der Waals surface area contributed by atoms with Crippen LogP contribution in [0.15, 0.2) is 48.8 Å². The molecule has 1 heterocycles. The maximum absolute atomic E-state index is 12.2. The van der Waals surface area contributed by atoms with Crippen LogP contribution in [0, 0.1) is 0 Å². The fourth-order valence-corrected chi connectivity index (χ4v) is 2.02. The van der Waals surface area contributed by atoms with Crippen LogP contribution in [-0.2, 0) is 4.79 Å². The van der Waals surface area contributed by atoms with Gasteiger partial charge < -0.3 is 15.4 Å². The van der Waals surface area contributed by atoms with Gasteiger partial charge >= 0.3 is 0 Å². The molecule has 1 aromatic heterocycles. The number of ether oxygens (including phenoxy) is 1. The standard InChI is InChI=1S/C16H19N3O2/c1-2-19(13-7-10-18-11-8-13)16(20)9-12-21-15-6-4-3-5-14(15)17/h3-8,10-11H,2,9,12,17H2,1H3. The zero-order valence-electron chi connectivity index (χ0n) is 12.0. The van der Waals surface area contributed by atoms with Gasteiger partial charge in [0.25, 0.3) is 0 Å². The van der Waals surface area contributed by atoms with Gasteiger partial charge in [-0.25, -0.2) is 0 Å². The van der Waals surface area contributed by atoms with Crippen molar-refractivity contribution in [3.05, 3.63) is 48.8 Å². The quantitative estimate of drug-likeness (QED) is 0.828. The molecule has 0 aliphatic carbocycles. The fraction of sp³-hybridized carbons (Fsp3) is 0.250. The maximum Gasteiger partial charge on any atom is 0.230 e. The van der Waals surface area contributed by atoms with Crippen LogP contribution < -0.4 is 15.4 Å². The molecule has 0 bridgehead atoms. The van der Waals surface area contributed by atoms with Gasteiger partial charge in [0.1, 0.15) is 5.75 Å². The van der Waals surface area contributed by atoms with Gasteiger partial charge in [-0.1, -0.05) is 12.1 Å². The monoisotopic (exact) mass is 285 g/mol. The minimum atomic E-state index is 0.0122. The molecular weight excluding hydrogens is 266 g/mol. The molecular formula is C16H19N3O2. The van der Waals surface area contributed by atoms with Crippen molar-refractivity contribution in [3.63, 3.8) is 0 Å². The number of amides is 1. The summed E-state index contributed by atoms with van der Waals surface area (Å²) in [6.45, 7) is 2.85. The highest BCUT2D eigenvalue weighted by Crippen LogP contribution is 2.20. The second kappa shape index (κ2) is 7.28. The SMILES string of the molecule is CCN(C(=O)CCOc1ccccc1N)c1ccncc1. The van der Waals surface area contributed by atoms with E-state index < -0.39 is 0 Å². The molecule has 0 aliphatic rings. The van der Waals surface area contributed by atoms with E-state index in [1.54, 1.807) is 29.4 Å². The molecule has 2 N–H and O–H groups in total. The first-order valence-electron chi connectivity index (χ1n) is 6.90. The van der Waals surface area contributed by atoms with Gasteiger partial charge in [0.05, 0.1) is 18.7 Å². The number of carbonyl (C=O) groups is 1. The van der Waals surface area contributed by atoms with E-state index in [0.717, 1.165) is 5.69 Å². The summed E-state index contributed by atoms with van der Waals surface area (Å²) in [6.07, 6.45) is 3.64. The molecule has 21 heavy (non-hydrogen) atoms. The number of nitrogens with zero attached hydrogens (tertiary/aromatic N) is 2. The van der Waals surface area contributed by atoms with E-state index in [4.69, 9.17) is 10.5 Å². The predicted octanol–water partition coefficient (Wildman–Crippen LogP) is 2.49. The third-order valence-corrected chi connectivity index (χ3v) is 3.08. The molecule has 0 spiro atoms. The Hall–Kier alpha value is -2.56. The summed E-state index contributed by atoms with van der Waals surface area (Å²) < 4.78 is 5.55. The summed E-state index contributed by atoms with van der Waals surface area (Å²) >= 11 is 0. The summed E-state index contributed by atoms with van der Waals surface area (Å²) in [7, 11) is 0. The van der Waals surface area contributed by atoms with Crippen molar-refractivity contribution >= 4 is 17.3 Å². The number of hydrogen-bond acceptors (Lipinski definition) is 4. The van der Waals surface area contributed by atoms with E-state index >= 15 is 0 Å². The molecule has 110 valence electrons. The summed E-state index contributed by atoms with van der Waals surface area (Å²) in [4.78, 5) is 17.9. The van der Waals surface area contributed by atoms with Crippen LogP contribution >= 0.6 is 0 Å². The number of rotatable bonds is 6. The highest BCUT2D eigenvalue weighted by molar-refractivity contribution is 5.93. The van der Waals surface area contributed by atoms with Crippen molar-refractivity contribution in [3.8, 4) is 5.75 Å². The van der Waals surface area contributed by atoms with Gasteiger partial charge in [-0.3, -0.25) is 9.78 Å².